The molecule has 6 heteroatoms. The van der Waals surface area contributed by atoms with Crippen LogP contribution in [0.3, 0.4) is 0 Å². The third kappa shape index (κ3) is 2.22. The van der Waals surface area contributed by atoms with Crippen LogP contribution < -0.4 is 0 Å². The molecule has 0 amide bonds. The number of alkyl halides is 1. The molecular formula is C13H13ClN2O2S. The van der Waals surface area contributed by atoms with E-state index in [1.54, 1.807) is 30.5 Å². The zero-order chi connectivity index (χ0) is 13.5. The Morgan fingerprint density at radius 3 is 2.84 bits per heavy atom. The molecule has 0 radical (unpaired) electrons. The molecule has 2 heterocycles. The van der Waals surface area contributed by atoms with Gasteiger partial charge in [-0.3, -0.25) is 4.98 Å². The Bertz CT molecular complexity index is 712. The number of rotatable bonds is 2. The van der Waals surface area contributed by atoms with Crippen LogP contribution in [-0.4, -0.2) is 36.2 Å². The predicted molar refractivity (Wildman–Crippen MR) is 74.8 cm³/mol. The lowest BCUT2D eigenvalue weighted by molar-refractivity contribution is 0.478. The number of pyridine rings is 1. The van der Waals surface area contributed by atoms with Gasteiger partial charge in [0.2, 0.25) is 10.0 Å². The lowest BCUT2D eigenvalue weighted by atomic mass is 10.2. The average molecular weight is 297 g/mol. The first-order chi connectivity index (χ1) is 9.09. The summed E-state index contributed by atoms with van der Waals surface area (Å²) in [5.41, 5.74) is 0.685. The summed E-state index contributed by atoms with van der Waals surface area (Å²) in [5, 5.41) is 0.561. The first kappa shape index (κ1) is 12.8. The van der Waals surface area contributed by atoms with Crippen LogP contribution in [0, 0.1) is 0 Å². The van der Waals surface area contributed by atoms with Gasteiger partial charge in [-0.05, 0) is 30.7 Å². The van der Waals surface area contributed by atoms with Crippen LogP contribution in [0.15, 0.2) is 41.4 Å². The first-order valence-electron chi connectivity index (χ1n) is 6.07. The van der Waals surface area contributed by atoms with Crippen LogP contribution in [0.4, 0.5) is 0 Å². The van der Waals surface area contributed by atoms with Crippen molar-refractivity contribution in [3.63, 3.8) is 0 Å². The summed E-state index contributed by atoms with van der Waals surface area (Å²) < 4.78 is 26.7. The smallest absolute Gasteiger partial charge is 0.243 e. The van der Waals surface area contributed by atoms with Crippen LogP contribution in [0.25, 0.3) is 10.9 Å². The molecule has 0 spiro atoms. The van der Waals surface area contributed by atoms with Gasteiger partial charge in [0.1, 0.15) is 0 Å². The van der Waals surface area contributed by atoms with Gasteiger partial charge in [0, 0.05) is 30.0 Å². The van der Waals surface area contributed by atoms with E-state index < -0.39 is 10.0 Å². The summed E-state index contributed by atoms with van der Waals surface area (Å²) in [7, 11) is -3.49. The number of hydrogen-bond donors (Lipinski definition) is 0. The van der Waals surface area contributed by atoms with Crippen molar-refractivity contribution in [2.75, 3.05) is 13.1 Å². The zero-order valence-corrected chi connectivity index (χ0v) is 11.7. The van der Waals surface area contributed by atoms with Crippen molar-refractivity contribution in [2.45, 2.75) is 16.7 Å². The second kappa shape index (κ2) is 4.74. The van der Waals surface area contributed by atoms with E-state index in [2.05, 4.69) is 4.98 Å². The van der Waals surface area contributed by atoms with Crippen molar-refractivity contribution >= 4 is 32.5 Å². The van der Waals surface area contributed by atoms with Crippen molar-refractivity contribution in [3.05, 3.63) is 36.5 Å². The highest BCUT2D eigenvalue weighted by Crippen LogP contribution is 2.28. The molecule has 19 heavy (non-hydrogen) atoms. The third-order valence-corrected chi connectivity index (χ3v) is 5.60. The topological polar surface area (TPSA) is 50.3 Å². The molecule has 4 nitrogen and oxygen atoms in total. The molecule has 0 bridgehead atoms. The Kier molecular flexibility index (Phi) is 3.20. The van der Waals surface area contributed by atoms with E-state index >= 15 is 0 Å². The van der Waals surface area contributed by atoms with Crippen molar-refractivity contribution in [1.29, 1.82) is 0 Å². The molecule has 2 aromatic rings. The Morgan fingerprint density at radius 1 is 1.26 bits per heavy atom. The summed E-state index contributed by atoms with van der Waals surface area (Å²) in [5.74, 6) is 0. The van der Waals surface area contributed by atoms with Crippen molar-refractivity contribution in [1.82, 2.24) is 9.29 Å². The Balaban J connectivity index is 2.14. The zero-order valence-electron chi connectivity index (χ0n) is 10.2. The van der Waals surface area contributed by atoms with E-state index in [-0.39, 0.29) is 5.38 Å². The van der Waals surface area contributed by atoms with Gasteiger partial charge in [0.25, 0.3) is 0 Å². The maximum absolute atomic E-state index is 12.6. The molecular weight excluding hydrogens is 284 g/mol. The van der Waals surface area contributed by atoms with Gasteiger partial charge in [-0.1, -0.05) is 6.07 Å². The van der Waals surface area contributed by atoms with Crippen LogP contribution in [0.5, 0.6) is 0 Å². The number of hydrogen-bond acceptors (Lipinski definition) is 3. The molecule has 0 aliphatic carbocycles. The van der Waals surface area contributed by atoms with Gasteiger partial charge in [0.15, 0.2) is 0 Å². The molecule has 1 atom stereocenters. The molecule has 1 aromatic heterocycles. The quantitative estimate of drug-likeness (QED) is 0.799. The monoisotopic (exact) mass is 296 g/mol. The number of fused-ring (bicyclic) bond motifs is 1. The lowest BCUT2D eigenvalue weighted by Crippen LogP contribution is -2.29. The minimum atomic E-state index is -3.49. The molecule has 0 saturated carbocycles. The first-order valence-corrected chi connectivity index (χ1v) is 7.94. The number of sulfonamides is 1. The van der Waals surface area contributed by atoms with E-state index in [1.165, 1.54) is 4.31 Å². The highest BCUT2D eigenvalue weighted by molar-refractivity contribution is 7.89. The van der Waals surface area contributed by atoms with E-state index in [0.717, 1.165) is 0 Å². The van der Waals surface area contributed by atoms with Gasteiger partial charge >= 0.3 is 0 Å². The average Bonchev–Trinajstić information content (AvgIpc) is 2.85. The summed E-state index contributed by atoms with van der Waals surface area (Å²) >= 11 is 6.00. The van der Waals surface area contributed by atoms with Gasteiger partial charge in [-0.15, -0.1) is 11.6 Å². The number of benzene rings is 1. The molecule has 1 fully saturated rings. The number of halogens is 1. The number of aromatic nitrogens is 1. The normalized spacial score (nSPS) is 21.0. The largest absolute Gasteiger partial charge is 0.256 e. The third-order valence-electron chi connectivity index (χ3n) is 3.32. The molecule has 3 rings (SSSR count). The van der Waals surface area contributed by atoms with E-state index in [1.807, 2.05) is 6.07 Å². The van der Waals surface area contributed by atoms with E-state index in [0.29, 0.717) is 35.3 Å². The summed E-state index contributed by atoms with van der Waals surface area (Å²) in [6.07, 6.45) is 2.35. The van der Waals surface area contributed by atoms with Gasteiger partial charge in [0.05, 0.1) is 10.4 Å². The summed E-state index contributed by atoms with van der Waals surface area (Å²) in [6.45, 7) is 0.855. The van der Waals surface area contributed by atoms with Crippen LogP contribution in [0.2, 0.25) is 0 Å². The maximum atomic E-state index is 12.6. The molecule has 1 aromatic carbocycles. The molecule has 1 saturated heterocycles. The van der Waals surface area contributed by atoms with Crippen LogP contribution in [-0.2, 0) is 10.0 Å². The summed E-state index contributed by atoms with van der Waals surface area (Å²) in [6, 6.07) is 8.68. The fraction of sp³-hybridized carbons (Fsp3) is 0.308. The Morgan fingerprint density at radius 2 is 2.11 bits per heavy atom. The lowest BCUT2D eigenvalue weighted by Gasteiger charge is -2.16. The van der Waals surface area contributed by atoms with Crippen molar-refractivity contribution in [3.8, 4) is 0 Å². The molecule has 1 unspecified atom stereocenters. The van der Waals surface area contributed by atoms with E-state index in [4.69, 9.17) is 11.6 Å². The molecule has 1 aliphatic rings. The second-order valence-corrected chi connectivity index (χ2v) is 7.10. The number of nitrogens with zero attached hydrogens (tertiary/aromatic N) is 2. The molecule has 100 valence electrons. The van der Waals surface area contributed by atoms with Crippen molar-refractivity contribution < 1.29 is 8.42 Å². The van der Waals surface area contributed by atoms with Crippen LogP contribution >= 0.6 is 11.6 Å². The predicted octanol–water partition coefficient (Wildman–Crippen LogP) is 2.24. The van der Waals surface area contributed by atoms with Gasteiger partial charge < -0.3 is 0 Å². The Labute approximate surface area is 117 Å². The van der Waals surface area contributed by atoms with Crippen molar-refractivity contribution in [2.24, 2.45) is 0 Å². The van der Waals surface area contributed by atoms with Gasteiger partial charge in [-0.25, -0.2) is 8.42 Å². The standard InChI is InChI=1S/C13H13ClN2O2S/c14-10-6-8-16(9-10)19(17,18)13-5-1-4-12-11(13)3-2-7-15-12/h1-5,7,10H,6,8-9H2. The van der Waals surface area contributed by atoms with Gasteiger partial charge in [-0.2, -0.15) is 4.31 Å². The maximum Gasteiger partial charge on any atom is 0.243 e. The Hall–Kier alpha value is -1.17. The fourth-order valence-corrected chi connectivity index (χ4v) is 4.39. The van der Waals surface area contributed by atoms with E-state index in [9.17, 15) is 8.42 Å². The second-order valence-electron chi connectivity index (χ2n) is 4.58. The van der Waals surface area contributed by atoms with Crippen LogP contribution in [0.1, 0.15) is 6.42 Å². The summed E-state index contributed by atoms with van der Waals surface area (Å²) in [4.78, 5) is 4.50. The molecule has 1 aliphatic heterocycles. The minimum Gasteiger partial charge on any atom is -0.256 e. The highest BCUT2D eigenvalue weighted by Gasteiger charge is 2.32. The molecule has 0 N–H and O–H groups in total. The fourth-order valence-electron chi connectivity index (χ4n) is 2.35. The minimum absolute atomic E-state index is 0.0946. The SMILES string of the molecule is O=S(=O)(c1cccc2ncccc12)N1CCC(Cl)C1. The highest BCUT2D eigenvalue weighted by atomic mass is 35.5.